The van der Waals surface area contributed by atoms with Gasteiger partial charge in [0.1, 0.15) is 5.82 Å². The molecule has 1 aromatic rings. The number of carbonyl (C=O) groups is 1. The second kappa shape index (κ2) is 6.91. The van der Waals surface area contributed by atoms with E-state index in [2.05, 4.69) is 29.6 Å². The molecule has 0 radical (unpaired) electrons. The number of nitrogens with zero attached hydrogens (tertiary/aromatic N) is 2. The van der Waals surface area contributed by atoms with Gasteiger partial charge in [-0.2, -0.15) is 5.10 Å². The van der Waals surface area contributed by atoms with Crippen LogP contribution < -0.4 is 10.6 Å². The minimum atomic E-state index is 0. The quantitative estimate of drug-likeness (QED) is 0.867. The van der Waals surface area contributed by atoms with Crippen LogP contribution >= 0.6 is 12.4 Å². The lowest BCUT2D eigenvalue weighted by atomic mass is 9.88. The Balaban J connectivity index is 0.00000180. The lowest BCUT2D eigenvalue weighted by molar-refractivity contribution is -0.121. The van der Waals surface area contributed by atoms with Crippen LogP contribution in [-0.2, 0) is 11.3 Å². The third-order valence-corrected chi connectivity index (χ3v) is 3.44. The van der Waals surface area contributed by atoms with Crippen molar-refractivity contribution < 1.29 is 4.79 Å². The van der Waals surface area contributed by atoms with Gasteiger partial charge in [-0.05, 0) is 24.9 Å². The number of anilines is 1. The summed E-state index contributed by atoms with van der Waals surface area (Å²) in [4.78, 5) is 12.1. The SMILES string of the molecule is CC(C)Cn1nccc1NC(=O)C(C)C1CNC1.Cl. The maximum atomic E-state index is 12.1. The predicted octanol–water partition coefficient (Wildman–Crippen LogP) is 1.75. The largest absolute Gasteiger partial charge is 0.316 e. The van der Waals surface area contributed by atoms with Crippen LogP contribution in [0.2, 0.25) is 0 Å². The fourth-order valence-electron chi connectivity index (χ4n) is 2.05. The van der Waals surface area contributed by atoms with Crippen molar-refractivity contribution in [3.05, 3.63) is 12.3 Å². The first-order chi connectivity index (χ1) is 8.58. The number of hydrogen-bond donors (Lipinski definition) is 2. The van der Waals surface area contributed by atoms with E-state index in [9.17, 15) is 4.79 Å². The van der Waals surface area contributed by atoms with Crippen molar-refractivity contribution in [3.63, 3.8) is 0 Å². The minimum Gasteiger partial charge on any atom is -0.316 e. The van der Waals surface area contributed by atoms with Gasteiger partial charge < -0.3 is 10.6 Å². The fourth-order valence-corrected chi connectivity index (χ4v) is 2.05. The van der Waals surface area contributed by atoms with E-state index in [1.807, 2.05) is 17.7 Å². The van der Waals surface area contributed by atoms with Crippen LogP contribution in [0.15, 0.2) is 12.3 Å². The number of aromatic nitrogens is 2. The number of rotatable bonds is 5. The molecule has 1 unspecified atom stereocenters. The maximum absolute atomic E-state index is 12.1. The minimum absolute atomic E-state index is 0. The van der Waals surface area contributed by atoms with Gasteiger partial charge in [-0.1, -0.05) is 20.8 Å². The summed E-state index contributed by atoms with van der Waals surface area (Å²) in [5, 5.41) is 10.4. The molecule has 1 aliphatic rings. The third kappa shape index (κ3) is 3.94. The van der Waals surface area contributed by atoms with Crippen molar-refractivity contribution in [2.75, 3.05) is 18.4 Å². The summed E-state index contributed by atoms with van der Waals surface area (Å²) in [6.45, 7) is 8.97. The predicted molar refractivity (Wildman–Crippen MR) is 78.5 cm³/mol. The molecule has 19 heavy (non-hydrogen) atoms. The van der Waals surface area contributed by atoms with E-state index in [4.69, 9.17) is 0 Å². The Morgan fingerprint density at radius 3 is 2.74 bits per heavy atom. The van der Waals surface area contributed by atoms with E-state index in [0.717, 1.165) is 25.5 Å². The highest BCUT2D eigenvalue weighted by Crippen LogP contribution is 2.18. The summed E-state index contributed by atoms with van der Waals surface area (Å²) in [5.74, 6) is 1.91. The van der Waals surface area contributed by atoms with Crippen molar-refractivity contribution in [2.24, 2.45) is 17.8 Å². The van der Waals surface area contributed by atoms with Crippen molar-refractivity contribution in [1.29, 1.82) is 0 Å². The number of nitrogens with one attached hydrogen (secondary N) is 2. The summed E-state index contributed by atoms with van der Waals surface area (Å²) in [7, 11) is 0. The Labute approximate surface area is 120 Å². The van der Waals surface area contributed by atoms with E-state index in [0.29, 0.717) is 11.8 Å². The zero-order valence-corrected chi connectivity index (χ0v) is 12.5. The Morgan fingerprint density at radius 2 is 2.21 bits per heavy atom. The second-order valence-corrected chi connectivity index (χ2v) is 5.49. The number of amides is 1. The Morgan fingerprint density at radius 1 is 1.53 bits per heavy atom. The summed E-state index contributed by atoms with van der Waals surface area (Å²) in [6.07, 6.45) is 1.73. The van der Waals surface area contributed by atoms with Gasteiger partial charge in [-0.25, -0.2) is 4.68 Å². The van der Waals surface area contributed by atoms with Crippen LogP contribution in [0.3, 0.4) is 0 Å². The van der Waals surface area contributed by atoms with Gasteiger partial charge in [-0.3, -0.25) is 4.79 Å². The molecular formula is C13H23ClN4O. The van der Waals surface area contributed by atoms with Crippen molar-refractivity contribution in [2.45, 2.75) is 27.3 Å². The first kappa shape index (κ1) is 16.0. The van der Waals surface area contributed by atoms with Gasteiger partial charge in [0, 0.05) is 18.5 Å². The summed E-state index contributed by atoms with van der Waals surface area (Å²) in [5.41, 5.74) is 0. The fraction of sp³-hybridized carbons (Fsp3) is 0.692. The van der Waals surface area contributed by atoms with Gasteiger partial charge in [-0.15, -0.1) is 12.4 Å². The monoisotopic (exact) mass is 286 g/mol. The lowest BCUT2D eigenvalue weighted by Crippen LogP contribution is -2.48. The van der Waals surface area contributed by atoms with E-state index >= 15 is 0 Å². The van der Waals surface area contributed by atoms with E-state index < -0.39 is 0 Å². The molecule has 108 valence electrons. The second-order valence-electron chi connectivity index (χ2n) is 5.49. The van der Waals surface area contributed by atoms with Crippen LogP contribution in [0.5, 0.6) is 0 Å². The molecule has 2 rings (SSSR count). The van der Waals surface area contributed by atoms with Gasteiger partial charge in [0.05, 0.1) is 6.20 Å². The summed E-state index contributed by atoms with van der Waals surface area (Å²) in [6, 6.07) is 1.85. The van der Waals surface area contributed by atoms with Crippen LogP contribution in [0.4, 0.5) is 5.82 Å². The molecule has 1 saturated heterocycles. The van der Waals surface area contributed by atoms with Crippen molar-refractivity contribution in [3.8, 4) is 0 Å². The molecule has 6 heteroatoms. The first-order valence-electron chi connectivity index (χ1n) is 6.61. The highest BCUT2D eigenvalue weighted by Gasteiger charge is 2.29. The first-order valence-corrected chi connectivity index (χ1v) is 6.61. The zero-order chi connectivity index (χ0) is 13.1. The normalized spacial score (nSPS) is 16.6. The standard InChI is InChI=1S/C13H22N4O.ClH/c1-9(2)8-17-12(4-5-15-17)16-13(18)10(3)11-6-14-7-11;/h4-5,9-11,14H,6-8H2,1-3H3,(H,16,18);1H. The van der Waals surface area contributed by atoms with E-state index in [-0.39, 0.29) is 24.2 Å². The molecule has 1 fully saturated rings. The molecule has 0 bridgehead atoms. The summed E-state index contributed by atoms with van der Waals surface area (Å²) < 4.78 is 1.86. The Kier molecular flexibility index (Phi) is 5.82. The molecule has 0 spiro atoms. The molecule has 5 nitrogen and oxygen atoms in total. The topological polar surface area (TPSA) is 59.0 Å². The highest BCUT2D eigenvalue weighted by molar-refractivity contribution is 5.91. The third-order valence-electron chi connectivity index (χ3n) is 3.44. The lowest BCUT2D eigenvalue weighted by Gasteiger charge is -2.31. The van der Waals surface area contributed by atoms with E-state index in [1.165, 1.54) is 0 Å². The van der Waals surface area contributed by atoms with Crippen LogP contribution in [0, 0.1) is 17.8 Å². The van der Waals surface area contributed by atoms with Gasteiger partial charge >= 0.3 is 0 Å². The van der Waals surface area contributed by atoms with Gasteiger partial charge in [0.15, 0.2) is 0 Å². The molecule has 1 atom stereocenters. The molecule has 1 aromatic heterocycles. The van der Waals surface area contributed by atoms with Gasteiger partial charge in [0.2, 0.25) is 5.91 Å². The molecule has 0 aliphatic carbocycles. The Hall–Kier alpha value is -1.07. The molecule has 2 N–H and O–H groups in total. The highest BCUT2D eigenvalue weighted by atomic mass is 35.5. The molecule has 1 aliphatic heterocycles. The number of carbonyl (C=O) groups excluding carboxylic acids is 1. The van der Waals surface area contributed by atoms with Crippen LogP contribution in [0.25, 0.3) is 0 Å². The van der Waals surface area contributed by atoms with Crippen LogP contribution in [0.1, 0.15) is 20.8 Å². The van der Waals surface area contributed by atoms with Crippen molar-refractivity contribution >= 4 is 24.1 Å². The molecule has 0 aromatic carbocycles. The zero-order valence-electron chi connectivity index (χ0n) is 11.7. The Bertz CT molecular complexity index is 415. The van der Waals surface area contributed by atoms with Gasteiger partial charge in [0.25, 0.3) is 0 Å². The van der Waals surface area contributed by atoms with E-state index in [1.54, 1.807) is 6.20 Å². The molecule has 2 heterocycles. The maximum Gasteiger partial charge on any atom is 0.228 e. The van der Waals surface area contributed by atoms with Crippen LogP contribution in [-0.4, -0.2) is 28.8 Å². The molecular weight excluding hydrogens is 264 g/mol. The average molecular weight is 287 g/mol. The number of hydrogen-bond acceptors (Lipinski definition) is 3. The molecule has 1 amide bonds. The molecule has 0 saturated carbocycles. The number of halogens is 1. The smallest absolute Gasteiger partial charge is 0.228 e. The average Bonchev–Trinajstić information content (AvgIpc) is 2.62. The summed E-state index contributed by atoms with van der Waals surface area (Å²) >= 11 is 0. The van der Waals surface area contributed by atoms with Crippen molar-refractivity contribution in [1.82, 2.24) is 15.1 Å².